The first-order valence-corrected chi connectivity index (χ1v) is 9.71. The second kappa shape index (κ2) is 16.2. The lowest BCUT2D eigenvalue weighted by Gasteiger charge is -2.06. The summed E-state index contributed by atoms with van der Waals surface area (Å²) < 4.78 is 31.6. The van der Waals surface area contributed by atoms with Crippen LogP contribution < -0.4 is 5.32 Å². The highest BCUT2D eigenvalue weighted by molar-refractivity contribution is 7.79. The number of hydrogen-bond acceptors (Lipinski definition) is 4. The van der Waals surface area contributed by atoms with E-state index in [1.807, 2.05) is 0 Å². The maximum atomic E-state index is 11.3. The van der Waals surface area contributed by atoms with Crippen LogP contribution in [0.5, 0.6) is 0 Å². The number of aliphatic hydroxyl groups is 1. The molecule has 0 fully saturated rings. The molecule has 1 unspecified atom stereocenters. The van der Waals surface area contributed by atoms with Gasteiger partial charge in [-0.15, -0.1) is 0 Å². The lowest BCUT2D eigenvalue weighted by Crippen LogP contribution is -2.30. The average Bonchev–Trinajstić information content (AvgIpc) is 2.41. The number of hydrogen-bond donors (Lipinski definition) is 4. The summed E-state index contributed by atoms with van der Waals surface area (Å²) in [5.41, 5.74) is 0. The molecule has 0 aliphatic carbocycles. The Morgan fingerprint density at radius 1 is 0.957 bits per heavy atom. The van der Waals surface area contributed by atoms with Gasteiger partial charge in [-0.05, 0) is 13.3 Å². The second-order valence-corrected chi connectivity index (χ2v) is 6.58. The zero-order valence-corrected chi connectivity index (χ0v) is 15.1. The van der Waals surface area contributed by atoms with Crippen molar-refractivity contribution in [1.82, 2.24) is 5.32 Å². The van der Waals surface area contributed by atoms with E-state index < -0.39 is 16.5 Å². The van der Waals surface area contributed by atoms with Gasteiger partial charge in [0.15, 0.2) is 0 Å². The lowest BCUT2D eigenvalue weighted by molar-refractivity contribution is -0.121. The molecule has 1 amide bonds. The third-order valence-electron chi connectivity index (χ3n) is 3.10. The van der Waals surface area contributed by atoms with Crippen molar-refractivity contribution in [3.63, 3.8) is 0 Å². The standard InChI is InChI=1S/C15H31NO2.H2O4S/c1-3-4-5-6-7-8-9-10-11-12-15(18)16-13-14(2)17;1-5(2,3)4/h14,17H,3-13H2,1-2H3,(H,16,18);(H2,1,2,3,4). The molecule has 0 aromatic carbocycles. The van der Waals surface area contributed by atoms with E-state index in [9.17, 15) is 4.79 Å². The molecule has 8 heteroatoms. The molecule has 0 heterocycles. The predicted octanol–water partition coefficient (Wildman–Crippen LogP) is 2.75. The summed E-state index contributed by atoms with van der Waals surface area (Å²) in [5, 5.41) is 11.7. The van der Waals surface area contributed by atoms with Crippen LogP contribution in [0.25, 0.3) is 0 Å². The molecule has 23 heavy (non-hydrogen) atoms. The molecule has 1 atom stereocenters. The monoisotopic (exact) mass is 355 g/mol. The molecule has 140 valence electrons. The third-order valence-corrected chi connectivity index (χ3v) is 3.10. The van der Waals surface area contributed by atoms with E-state index in [-0.39, 0.29) is 5.91 Å². The quantitative estimate of drug-likeness (QED) is 0.315. The Kier molecular flexibility index (Phi) is 17.3. The fourth-order valence-electron chi connectivity index (χ4n) is 1.95. The summed E-state index contributed by atoms with van der Waals surface area (Å²) in [6, 6.07) is 0. The van der Waals surface area contributed by atoms with Gasteiger partial charge in [0.05, 0.1) is 6.10 Å². The number of carbonyl (C=O) groups is 1. The first-order valence-electron chi connectivity index (χ1n) is 8.31. The van der Waals surface area contributed by atoms with Gasteiger partial charge in [0.25, 0.3) is 0 Å². The Bertz CT molecular complexity index is 362. The Labute approximate surface area is 140 Å². The molecular weight excluding hydrogens is 322 g/mol. The molecule has 0 radical (unpaired) electrons. The molecule has 0 aliphatic rings. The first-order chi connectivity index (χ1) is 10.7. The van der Waals surface area contributed by atoms with Crippen LogP contribution in [0.15, 0.2) is 0 Å². The average molecular weight is 355 g/mol. The number of unbranched alkanes of at least 4 members (excludes halogenated alkanes) is 8. The first kappa shape index (κ1) is 24.6. The fourth-order valence-corrected chi connectivity index (χ4v) is 1.95. The van der Waals surface area contributed by atoms with Gasteiger partial charge in [-0.25, -0.2) is 0 Å². The van der Waals surface area contributed by atoms with Gasteiger partial charge in [-0.2, -0.15) is 8.42 Å². The number of rotatable bonds is 12. The minimum Gasteiger partial charge on any atom is -0.392 e. The summed E-state index contributed by atoms with van der Waals surface area (Å²) in [5.74, 6) is 0.0684. The Morgan fingerprint density at radius 3 is 1.74 bits per heavy atom. The van der Waals surface area contributed by atoms with Gasteiger partial charge >= 0.3 is 10.4 Å². The number of carbonyl (C=O) groups excluding carboxylic acids is 1. The van der Waals surface area contributed by atoms with E-state index >= 15 is 0 Å². The van der Waals surface area contributed by atoms with Crippen LogP contribution in [0.3, 0.4) is 0 Å². The zero-order chi connectivity index (χ0) is 18.1. The normalized spacial score (nSPS) is 12.2. The molecule has 0 spiro atoms. The Morgan fingerprint density at radius 2 is 1.35 bits per heavy atom. The summed E-state index contributed by atoms with van der Waals surface area (Å²) in [7, 11) is -4.67. The van der Waals surface area contributed by atoms with E-state index in [0.29, 0.717) is 13.0 Å². The second-order valence-electron chi connectivity index (χ2n) is 5.68. The van der Waals surface area contributed by atoms with Gasteiger partial charge in [0, 0.05) is 13.0 Å². The van der Waals surface area contributed by atoms with Crippen LogP contribution in [-0.4, -0.2) is 41.2 Å². The molecule has 0 saturated heterocycles. The molecule has 0 bridgehead atoms. The molecular formula is C15H33NO6S. The van der Waals surface area contributed by atoms with E-state index in [0.717, 1.165) is 12.8 Å². The van der Waals surface area contributed by atoms with Crippen molar-refractivity contribution in [1.29, 1.82) is 0 Å². The van der Waals surface area contributed by atoms with E-state index in [1.54, 1.807) is 6.92 Å². The molecule has 0 rings (SSSR count). The molecule has 0 aromatic heterocycles. The Balaban J connectivity index is 0. The van der Waals surface area contributed by atoms with Crippen LogP contribution in [0.2, 0.25) is 0 Å². The highest BCUT2D eigenvalue weighted by Crippen LogP contribution is 2.10. The topological polar surface area (TPSA) is 124 Å². The van der Waals surface area contributed by atoms with Gasteiger partial charge < -0.3 is 10.4 Å². The minimum atomic E-state index is -4.67. The molecule has 0 aliphatic heterocycles. The molecule has 0 saturated carbocycles. The molecule has 0 aromatic rings. The van der Waals surface area contributed by atoms with Crippen LogP contribution in [0.1, 0.15) is 78.1 Å². The minimum absolute atomic E-state index is 0.0684. The smallest absolute Gasteiger partial charge is 0.392 e. The van der Waals surface area contributed by atoms with Crippen molar-refractivity contribution >= 4 is 16.3 Å². The zero-order valence-electron chi connectivity index (χ0n) is 14.3. The number of nitrogens with one attached hydrogen (secondary N) is 1. The predicted molar refractivity (Wildman–Crippen MR) is 90.7 cm³/mol. The lowest BCUT2D eigenvalue weighted by atomic mass is 10.1. The Hall–Kier alpha value is -0.700. The highest BCUT2D eigenvalue weighted by atomic mass is 32.3. The highest BCUT2D eigenvalue weighted by Gasteiger charge is 2.02. The largest absolute Gasteiger partial charge is 0.394 e. The van der Waals surface area contributed by atoms with Crippen molar-refractivity contribution in [2.75, 3.05) is 6.54 Å². The van der Waals surface area contributed by atoms with Crippen molar-refractivity contribution in [2.45, 2.75) is 84.2 Å². The van der Waals surface area contributed by atoms with Crippen LogP contribution >= 0.6 is 0 Å². The molecule has 7 nitrogen and oxygen atoms in total. The number of amides is 1. The SMILES string of the molecule is CCCCCCCCCCCC(=O)NCC(C)O.O=S(=O)(O)O. The van der Waals surface area contributed by atoms with Gasteiger partial charge in [0.1, 0.15) is 0 Å². The van der Waals surface area contributed by atoms with E-state index in [2.05, 4.69) is 12.2 Å². The molecule has 4 N–H and O–H groups in total. The fraction of sp³-hybridized carbons (Fsp3) is 0.933. The number of aliphatic hydroxyl groups excluding tert-OH is 1. The van der Waals surface area contributed by atoms with Gasteiger partial charge in [-0.3, -0.25) is 13.9 Å². The van der Waals surface area contributed by atoms with Crippen molar-refractivity contribution in [2.24, 2.45) is 0 Å². The summed E-state index contributed by atoms with van der Waals surface area (Å²) in [6.45, 7) is 4.29. The van der Waals surface area contributed by atoms with Crippen molar-refractivity contribution in [3.05, 3.63) is 0 Å². The third kappa shape index (κ3) is 33.9. The maximum Gasteiger partial charge on any atom is 0.394 e. The van der Waals surface area contributed by atoms with Crippen LogP contribution in [-0.2, 0) is 15.2 Å². The van der Waals surface area contributed by atoms with E-state index in [1.165, 1.54) is 44.9 Å². The van der Waals surface area contributed by atoms with Gasteiger partial charge in [0.2, 0.25) is 5.91 Å². The van der Waals surface area contributed by atoms with Crippen molar-refractivity contribution in [3.8, 4) is 0 Å². The summed E-state index contributed by atoms with van der Waals surface area (Å²) in [6.07, 6.45) is 11.6. The van der Waals surface area contributed by atoms with Gasteiger partial charge in [-0.1, -0.05) is 58.3 Å². The maximum absolute atomic E-state index is 11.3. The summed E-state index contributed by atoms with van der Waals surface area (Å²) in [4.78, 5) is 11.3. The van der Waals surface area contributed by atoms with Crippen LogP contribution in [0.4, 0.5) is 0 Å². The summed E-state index contributed by atoms with van der Waals surface area (Å²) >= 11 is 0. The van der Waals surface area contributed by atoms with E-state index in [4.69, 9.17) is 22.6 Å². The van der Waals surface area contributed by atoms with Crippen molar-refractivity contribution < 1.29 is 27.4 Å². The van der Waals surface area contributed by atoms with Crippen LogP contribution in [0, 0.1) is 0 Å².